The van der Waals surface area contributed by atoms with Gasteiger partial charge in [0.15, 0.2) is 0 Å². The third-order valence-corrected chi connectivity index (χ3v) is 6.48. The quantitative estimate of drug-likeness (QED) is 0.912. The van der Waals surface area contributed by atoms with Crippen LogP contribution in [0.1, 0.15) is 44.9 Å². The van der Waals surface area contributed by atoms with E-state index in [1.807, 2.05) is 0 Å². The molecule has 1 fully saturated rings. The van der Waals surface area contributed by atoms with Gasteiger partial charge in [-0.25, -0.2) is 13.1 Å². The Balaban J connectivity index is 1.83. The fraction of sp³-hybridized carbons (Fsp3) is 0.538. The second-order valence-corrected chi connectivity index (χ2v) is 8.37. The van der Waals surface area contributed by atoms with E-state index in [0.717, 1.165) is 24.2 Å². The van der Waals surface area contributed by atoms with Gasteiger partial charge in [-0.1, -0.05) is 11.6 Å². The van der Waals surface area contributed by atoms with Crippen molar-refractivity contribution in [2.45, 2.75) is 49.3 Å². The Labute approximate surface area is 127 Å². The molecule has 1 aliphatic carbocycles. The molecule has 0 bridgehead atoms. The molecule has 21 heavy (non-hydrogen) atoms. The van der Waals surface area contributed by atoms with Crippen molar-refractivity contribution in [1.82, 2.24) is 14.9 Å². The Morgan fingerprint density at radius 2 is 2.19 bits per heavy atom. The van der Waals surface area contributed by atoms with Crippen LogP contribution < -0.4 is 4.72 Å². The van der Waals surface area contributed by atoms with E-state index >= 15 is 0 Å². The van der Waals surface area contributed by atoms with Crippen molar-refractivity contribution < 1.29 is 12.9 Å². The van der Waals surface area contributed by atoms with E-state index in [-0.39, 0.29) is 10.3 Å². The summed E-state index contributed by atoms with van der Waals surface area (Å²) in [5, 5.41) is 5.69. The molecule has 0 spiro atoms. The molecule has 0 unspecified atom stereocenters. The van der Waals surface area contributed by atoms with Gasteiger partial charge in [0.25, 0.3) is 0 Å². The molecule has 0 saturated heterocycles. The number of rotatable bonds is 5. The highest BCUT2D eigenvalue weighted by atomic mass is 32.2. The van der Waals surface area contributed by atoms with Gasteiger partial charge in [0, 0.05) is 22.9 Å². The lowest BCUT2D eigenvalue weighted by molar-refractivity contribution is 0.292. The number of sulfonamides is 1. The molecular weight excluding hydrogens is 310 g/mol. The molecule has 2 aromatic heterocycles. The lowest BCUT2D eigenvalue weighted by Gasteiger charge is -2.20. The number of thiophene rings is 1. The van der Waals surface area contributed by atoms with Gasteiger partial charge >= 0.3 is 0 Å². The van der Waals surface area contributed by atoms with Gasteiger partial charge in [-0.05, 0) is 32.8 Å². The molecule has 2 aromatic rings. The average Bonchev–Trinajstić information content (AvgIpc) is 2.91. The zero-order chi connectivity index (χ0) is 15.0. The molecule has 114 valence electrons. The minimum atomic E-state index is -3.47. The SMILES string of the molecule is CC(C)NS(=O)(=O)c1cc(-c2noc(C3CCC3)n2)cs1. The fourth-order valence-electron chi connectivity index (χ4n) is 2.12. The van der Waals surface area contributed by atoms with Crippen LogP contribution in [0.4, 0.5) is 0 Å². The molecular formula is C13H17N3O3S2. The molecule has 1 saturated carbocycles. The van der Waals surface area contributed by atoms with Crippen LogP contribution in [0.3, 0.4) is 0 Å². The smallest absolute Gasteiger partial charge is 0.250 e. The first-order chi connectivity index (χ1) is 9.95. The monoisotopic (exact) mass is 327 g/mol. The Morgan fingerprint density at radius 1 is 1.43 bits per heavy atom. The molecule has 3 rings (SSSR count). The summed E-state index contributed by atoms with van der Waals surface area (Å²) in [6, 6.07) is 1.45. The van der Waals surface area contributed by atoms with Gasteiger partial charge in [-0.3, -0.25) is 0 Å². The van der Waals surface area contributed by atoms with Gasteiger partial charge in [0.1, 0.15) is 4.21 Å². The molecule has 0 radical (unpaired) electrons. The summed E-state index contributed by atoms with van der Waals surface area (Å²) < 4.78 is 32.3. The molecule has 6 nitrogen and oxygen atoms in total. The Hall–Kier alpha value is -1.25. The normalized spacial score (nSPS) is 16.3. The number of nitrogens with one attached hydrogen (secondary N) is 1. The van der Waals surface area contributed by atoms with Crippen LogP contribution in [0.5, 0.6) is 0 Å². The lowest BCUT2D eigenvalue weighted by Crippen LogP contribution is -2.29. The standard InChI is InChI=1S/C13H17N3O3S2/c1-8(2)16-21(17,18)11-6-10(7-20-11)12-14-13(19-15-12)9-4-3-5-9/h6-9,16H,3-5H2,1-2H3. The number of nitrogens with zero attached hydrogens (tertiary/aromatic N) is 2. The summed E-state index contributed by atoms with van der Waals surface area (Å²) in [6.45, 7) is 3.58. The highest BCUT2D eigenvalue weighted by Gasteiger charge is 2.26. The predicted molar refractivity (Wildman–Crippen MR) is 79.7 cm³/mol. The Morgan fingerprint density at radius 3 is 2.81 bits per heavy atom. The molecule has 0 amide bonds. The van der Waals surface area contributed by atoms with Crippen LogP contribution in [0.15, 0.2) is 20.2 Å². The van der Waals surface area contributed by atoms with Gasteiger partial charge < -0.3 is 4.52 Å². The summed E-state index contributed by atoms with van der Waals surface area (Å²) in [5.41, 5.74) is 0.679. The van der Waals surface area contributed by atoms with Crippen LogP contribution in [0, 0.1) is 0 Å². The third-order valence-electron chi connectivity index (χ3n) is 3.39. The second-order valence-electron chi connectivity index (χ2n) is 5.51. The van der Waals surface area contributed by atoms with Crippen LogP contribution in [0.25, 0.3) is 11.4 Å². The molecule has 2 heterocycles. The zero-order valence-corrected chi connectivity index (χ0v) is 13.5. The van der Waals surface area contributed by atoms with Crippen molar-refractivity contribution in [3.8, 4) is 11.4 Å². The summed E-state index contributed by atoms with van der Waals surface area (Å²) >= 11 is 1.16. The van der Waals surface area contributed by atoms with Gasteiger partial charge in [0.2, 0.25) is 21.7 Å². The largest absolute Gasteiger partial charge is 0.339 e. The first-order valence-electron chi connectivity index (χ1n) is 6.90. The van der Waals surface area contributed by atoms with Crippen molar-refractivity contribution in [1.29, 1.82) is 0 Å². The van der Waals surface area contributed by atoms with E-state index in [1.54, 1.807) is 25.3 Å². The van der Waals surface area contributed by atoms with Gasteiger partial charge in [0.05, 0.1) is 0 Å². The molecule has 1 N–H and O–H groups in total. The highest BCUT2D eigenvalue weighted by molar-refractivity contribution is 7.91. The number of hydrogen-bond donors (Lipinski definition) is 1. The van der Waals surface area contributed by atoms with E-state index < -0.39 is 10.0 Å². The fourth-order valence-corrected chi connectivity index (χ4v) is 4.54. The van der Waals surface area contributed by atoms with Crippen molar-refractivity contribution in [3.05, 3.63) is 17.3 Å². The summed E-state index contributed by atoms with van der Waals surface area (Å²) in [4.78, 5) is 4.37. The van der Waals surface area contributed by atoms with Crippen LogP contribution in [-0.4, -0.2) is 24.6 Å². The number of hydrogen-bond acceptors (Lipinski definition) is 6. The van der Waals surface area contributed by atoms with Crippen molar-refractivity contribution in [2.24, 2.45) is 0 Å². The zero-order valence-electron chi connectivity index (χ0n) is 11.9. The Bertz CT molecular complexity index is 729. The number of aromatic nitrogens is 2. The predicted octanol–water partition coefficient (Wildman–Crippen LogP) is 2.75. The Kier molecular flexibility index (Phi) is 3.85. The van der Waals surface area contributed by atoms with E-state index in [4.69, 9.17) is 4.52 Å². The second kappa shape index (κ2) is 5.51. The first kappa shape index (κ1) is 14.7. The van der Waals surface area contributed by atoms with Gasteiger partial charge in [-0.2, -0.15) is 4.98 Å². The molecule has 1 aliphatic rings. The van der Waals surface area contributed by atoms with E-state index in [9.17, 15) is 8.42 Å². The third kappa shape index (κ3) is 3.02. The highest BCUT2D eigenvalue weighted by Crippen LogP contribution is 2.36. The van der Waals surface area contributed by atoms with E-state index in [0.29, 0.717) is 23.2 Å². The van der Waals surface area contributed by atoms with Crippen LogP contribution in [0.2, 0.25) is 0 Å². The van der Waals surface area contributed by atoms with E-state index in [1.165, 1.54) is 6.42 Å². The topological polar surface area (TPSA) is 85.1 Å². The first-order valence-corrected chi connectivity index (χ1v) is 9.27. The lowest BCUT2D eigenvalue weighted by atomic mass is 9.85. The minimum Gasteiger partial charge on any atom is -0.339 e. The molecule has 0 aromatic carbocycles. The van der Waals surface area contributed by atoms with Gasteiger partial charge in [-0.15, -0.1) is 11.3 Å². The molecule has 0 aliphatic heterocycles. The summed E-state index contributed by atoms with van der Waals surface area (Å²) in [6.07, 6.45) is 3.37. The maximum absolute atomic E-state index is 12.1. The minimum absolute atomic E-state index is 0.143. The van der Waals surface area contributed by atoms with E-state index in [2.05, 4.69) is 14.9 Å². The maximum Gasteiger partial charge on any atom is 0.250 e. The van der Waals surface area contributed by atoms with Crippen LogP contribution in [-0.2, 0) is 10.0 Å². The van der Waals surface area contributed by atoms with Crippen molar-refractivity contribution in [3.63, 3.8) is 0 Å². The molecule has 0 atom stereocenters. The van der Waals surface area contributed by atoms with Crippen molar-refractivity contribution in [2.75, 3.05) is 0 Å². The van der Waals surface area contributed by atoms with Crippen LogP contribution >= 0.6 is 11.3 Å². The maximum atomic E-state index is 12.1. The summed E-state index contributed by atoms with van der Waals surface area (Å²) in [7, 11) is -3.47. The van der Waals surface area contributed by atoms with Crippen molar-refractivity contribution >= 4 is 21.4 Å². The summed E-state index contributed by atoms with van der Waals surface area (Å²) in [5.74, 6) is 1.49. The average molecular weight is 327 g/mol. The molecule has 8 heteroatoms.